The predicted octanol–water partition coefficient (Wildman–Crippen LogP) is 3.21. The number of aliphatic hydroxyl groups is 1. The molecule has 0 bridgehead atoms. The van der Waals surface area contributed by atoms with Gasteiger partial charge in [0.1, 0.15) is 17.7 Å². The molecule has 2 N–H and O–H groups in total. The summed E-state index contributed by atoms with van der Waals surface area (Å²) in [4.78, 5) is 40.9. The van der Waals surface area contributed by atoms with Gasteiger partial charge < -0.3 is 20.1 Å². The molecule has 4 heterocycles. The number of hydrogen-bond acceptors (Lipinski definition) is 7. The van der Waals surface area contributed by atoms with Crippen LogP contribution in [0.3, 0.4) is 0 Å². The topological polar surface area (TPSA) is 118 Å². The number of halogens is 1. The fraction of sp³-hybridized carbons (Fsp3) is 0.423. The van der Waals surface area contributed by atoms with E-state index in [0.29, 0.717) is 54.9 Å². The molecule has 1 aliphatic carbocycles. The predicted molar refractivity (Wildman–Crippen MR) is 131 cm³/mol. The van der Waals surface area contributed by atoms with Crippen molar-refractivity contribution in [3.8, 4) is 11.1 Å². The molecule has 10 heteroatoms. The monoisotopic (exact) mass is 493 g/mol. The van der Waals surface area contributed by atoms with Crippen LogP contribution >= 0.6 is 0 Å². The zero-order valence-electron chi connectivity index (χ0n) is 20.2. The number of rotatable bonds is 6. The van der Waals surface area contributed by atoms with Gasteiger partial charge in [-0.15, -0.1) is 0 Å². The molecule has 2 aliphatic rings. The normalized spacial score (nSPS) is 20.3. The zero-order valence-corrected chi connectivity index (χ0v) is 20.2. The second-order valence-corrected chi connectivity index (χ2v) is 9.25. The van der Waals surface area contributed by atoms with Crippen molar-refractivity contribution in [1.29, 1.82) is 0 Å². The Bertz CT molecular complexity index is 1330. The van der Waals surface area contributed by atoms with Gasteiger partial charge in [-0.1, -0.05) is 6.92 Å². The number of carbonyl (C=O) groups is 2. The molecule has 5 rings (SSSR count). The maximum atomic E-state index is 13.6. The number of nitrogens with one attached hydrogen (secondary N) is 1. The Hall–Kier alpha value is -3.50. The first kappa shape index (κ1) is 24.2. The minimum Gasteiger partial charge on any atom is -0.387 e. The minimum atomic E-state index is -1.11. The molecule has 3 aromatic heterocycles. The first-order valence-electron chi connectivity index (χ1n) is 12.1. The van der Waals surface area contributed by atoms with Crippen molar-refractivity contribution in [2.24, 2.45) is 5.92 Å². The molecule has 1 saturated carbocycles. The van der Waals surface area contributed by atoms with Gasteiger partial charge in [0.05, 0.1) is 36.4 Å². The van der Waals surface area contributed by atoms with Crippen molar-refractivity contribution in [1.82, 2.24) is 19.9 Å². The molecule has 188 valence electrons. The summed E-state index contributed by atoms with van der Waals surface area (Å²) in [7, 11) is 0. The quantitative estimate of drug-likeness (QED) is 0.541. The fourth-order valence-electron chi connectivity index (χ4n) is 4.33. The molecule has 1 aliphatic heterocycles. The molecule has 0 radical (unpaired) electrons. The summed E-state index contributed by atoms with van der Waals surface area (Å²) in [5.41, 5.74) is 3.50. The summed E-state index contributed by atoms with van der Waals surface area (Å²) in [6.07, 6.45) is 2.23. The van der Waals surface area contributed by atoms with Gasteiger partial charge in [0, 0.05) is 48.1 Å². The summed E-state index contributed by atoms with van der Waals surface area (Å²) in [5, 5.41) is 13.5. The molecule has 3 atom stereocenters. The second-order valence-electron chi connectivity index (χ2n) is 9.25. The van der Waals surface area contributed by atoms with Crippen LogP contribution in [0.15, 0.2) is 30.6 Å². The summed E-state index contributed by atoms with van der Waals surface area (Å²) < 4.78 is 18.7. The van der Waals surface area contributed by atoms with Crippen LogP contribution in [0.4, 0.5) is 10.2 Å². The Balaban J connectivity index is 1.57. The maximum absolute atomic E-state index is 13.6. The number of alkyl halides is 1. The van der Waals surface area contributed by atoms with Crippen LogP contribution in [0.25, 0.3) is 22.0 Å². The molecule has 0 unspecified atom stereocenters. The third-order valence-corrected chi connectivity index (χ3v) is 6.65. The van der Waals surface area contributed by atoms with Gasteiger partial charge in [0.25, 0.3) is 5.91 Å². The molecule has 0 aromatic carbocycles. The van der Waals surface area contributed by atoms with E-state index in [1.807, 2.05) is 26.0 Å². The Morgan fingerprint density at radius 3 is 2.61 bits per heavy atom. The number of amides is 2. The first-order chi connectivity index (χ1) is 17.4. The highest BCUT2D eigenvalue weighted by atomic mass is 19.1. The lowest BCUT2D eigenvalue weighted by Crippen LogP contribution is -2.41. The van der Waals surface area contributed by atoms with Crippen LogP contribution in [0, 0.1) is 12.8 Å². The number of aliphatic hydroxyl groups excluding tert-OH is 1. The minimum absolute atomic E-state index is 0.223. The van der Waals surface area contributed by atoms with E-state index in [1.54, 1.807) is 23.4 Å². The average molecular weight is 494 g/mol. The number of ether oxygens (including phenoxy) is 1. The van der Waals surface area contributed by atoms with Crippen molar-refractivity contribution in [2.45, 2.75) is 39.0 Å². The molecule has 2 fully saturated rings. The number of anilines is 1. The van der Waals surface area contributed by atoms with E-state index < -0.39 is 24.1 Å². The van der Waals surface area contributed by atoms with E-state index in [9.17, 15) is 19.1 Å². The van der Waals surface area contributed by atoms with Crippen molar-refractivity contribution in [3.05, 3.63) is 47.5 Å². The van der Waals surface area contributed by atoms with E-state index in [0.717, 1.165) is 11.1 Å². The number of nitrogens with zero attached hydrogens (tertiary/aromatic N) is 4. The summed E-state index contributed by atoms with van der Waals surface area (Å²) in [6, 6.07) is 5.26. The third-order valence-electron chi connectivity index (χ3n) is 6.65. The van der Waals surface area contributed by atoms with Gasteiger partial charge >= 0.3 is 0 Å². The van der Waals surface area contributed by atoms with Gasteiger partial charge in [-0.3, -0.25) is 14.6 Å². The van der Waals surface area contributed by atoms with E-state index in [2.05, 4.69) is 15.3 Å². The fourth-order valence-corrected chi connectivity index (χ4v) is 4.33. The van der Waals surface area contributed by atoms with E-state index >= 15 is 0 Å². The van der Waals surface area contributed by atoms with Gasteiger partial charge in [0.2, 0.25) is 5.91 Å². The first-order valence-corrected chi connectivity index (χ1v) is 12.1. The standard InChI is InChI=1S/C26H28FN5O4/c1-3-22(33)21-8-14(2)18(13-28-21)16-9-15-12-29-23(31-25(34)17-10-19(17)27)11-20(15)30-24(16)26(35)32-4-6-36-7-5-32/h8-9,11-13,17,19,22,33H,3-7,10H2,1-2H3,(H,29,31,34)/t17-,19+,22+/m0/s1. The molecule has 3 aromatic rings. The number of carbonyl (C=O) groups excluding carboxylic acids is 2. The van der Waals surface area contributed by atoms with Gasteiger partial charge in [-0.2, -0.15) is 0 Å². The lowest BCUT2D eigenvalue weighted by atomic mass is 9.97. The average Bonchev–Trinajstić information content (AvgIpc) is 3.64. The summed E-state index contributed by atoms with van der Waals surface area (Å²) in [5.74, 6) is -1.02. The number of pyridine rings is 3. The van der Waals surface area contributed by atoms with Crippen LogP contribution in [0.5, 0.6) is 0 Å². The molecular formula is C26H28FN5O4. The summed E-state index contributed by atoms with van der Waals surface area (Å²) >= 11 is 0. The maximum Gasteiger partial charge on any atom is 0.273 e. The lowest BCUT2D eigenvalue weighted by Gasteiger charge is -2.27. The Labute approximate surface area is 207 Å². The molecular weight excluding hydrogens is 465 g/mol. The van der Waals surface area contributed by atoms with Crippen molar-refractivity contribution >= 4 is 28.5 Å². The van der Waals surface area contributed by atoms with E-state index in [1.165, 1.54) is 0 Å². The largest absolute Gasteiger partial charge is 0.387 e. The number of aryl methyl sites for hydroxylation is 1. The number of fused-ring (bicyclic) bond motifs is 1. The Morgan fingerprint density at radius 2 is 1.94 bits per heavy atom. The SMILES string of the molecule is CC[C@@H](O)c1cc(C)c(-c2cc3cnc(NC(=O)[C@H]4C[C@H]4F)cc3nc2C(=O)N2CCOCC2)cn1. The summed E-state index contributed by atoms with van der Waals surface area (Å²) in [6.45, 7) is 5.61. The molecule has 36 heavy (non-hydrogen) atoms. The highest BCUT2D eigenvalue weighted by molar-refractivity contribution is 6.03. The molecule has 1 saturated heterocycles. The molecule has 2 amide bonds. The lowest BCUT2D eigenvalue weighted by molar-refractivity contribution is -0.117. The smallest absolute Gasteiger partial charge is 0.273 e. The third kappa shape index (κ3) is 4.78. The van der Waals surface area contributed by atoms with Crippen LogP contribution in [0.2, 0.25) is 0 Å². The Morgan fingerprint density at radius 1 is 1.19 bits per heavy atom. The van der Waals surface area contributed by atoms with Crippen molar-refractivity contribution < 1.29 is 23.8 Å². The van der Waals surface area contributed by atoms with Crippen LogP contribution in [-0.4, -0.2) is 69.2 Å². The Kier molecular flexibility index (Phi) is 6.63. The zero-order chi connectivity index (χ0) is 25.4. The van der Waals surface area contributed by atoms with E-state index in [-0.39, 0.29) is 23.8 Å². The highest BCUT2D eigenvalue weighted by Crippen LogP contribution is 2.35. The van der Waals surface area contributed by atoms with Crippen LogP contribution in [0.1, 0.15) is 47.6 Å². The second kappa shape index (κ2) is 9.87. The number of aromatic nitrogens is 3. The van der Waals surface area contributed by atoms with Gasteiger partial charge in [-0.05, 0) is 37.5 Å². The van der Waals surface area contributed by atoms with Gasteiger partial charge in [-0.25, -0.2) is 14.4 Å². The van der Waals surface area contributed by atoms with Gasteiger partial charge in [0.15, 0.2) is 0 Å². The van der Waals surface area contributed by atoms with Crippen LogP contribution in [-0.2, 0) is 9.53 Å². The number of morpholine rings is 1. The van der Waals surface area contributed by atoms with Crippen molar-refractivity contribution in [3.63, 3.8) is 0 Å². The van der Waals surface area contributed by atoms with Crippen LogP contribution < -0.4 is 5.32 Å². The van der Waals surface area contributed by atoms with E-state index in [4.69, 9.17) is 9.72 Å². The molecule has 9 nitrogen and oxygen atoms in total. The molecule has 0 spiro atoms. The highest BCUT2D eigenvalue weighted by Gasteiger charge is 2.43. The van der Waals surface area contributed by atoms with Crippen molar-refractivity contribution in [2.75, 3.05) is 31.6 Å². The number of hydrogen-bond donors (Lipinski definition) is 2.